The highest BCUT2D eigenvalue weighted by molar-refractivity contribution is 7.09. The molecule has 2 aromatic heterocycles. The zero-order chi connectivity index (χ0) is 11.2. The number of ketones is 1. The minimum absolute atomic E-state index is 0.297. The lowest BCUT2D eigenvalue weighted by molar-refractivity contribution is -0.119. The minimum atomic E-state index is 0.297. The molecule has 0 saturated carbocycles. The number of aryl methyl sites for hydroxylation is 2. The summed E-state index contributed by atoms with van der Waals surface area (Å²) in [7, 11) is 0. The molecular formula is C11H12N2OS2. The molecule has 0 saturated heterocycles. The Hall–Kier alpha value is -1.07. The van der Waals surface area contributed by atoms with Gasteiger partial charge in [-0.15, -0.1) is 22.7 Å². The smallest absolute Gasteiger partial charge is 0.133 e. The van der Waals surface area contributed by atoms with Crippen LogP contribution in [0.15, 0.2) is 23.2 Å². The fourth-order valence-corrected chi connectivity index (χ4v) is 2.61. The van der Waals surface area contributed by atoms with Crippen LogP contribution in [0.25, 0.3) is 0 Å². The molecule has 0 aromatic carbocycles. The summed E-state index contributed by atoms with van der Waals surface area (Å²) in [6.07, 6.45) is 6.29. The number of hydrogen-bond acceptors (Lipinski definition) is 5. The van der Waals surface area contributed by atoms with Gasteiger partial charge < -0.3 is 0 Å². The third kappa shape index (κ3) is 3.50. The quantitative estimate of drug-likeness (QED) is 0.794. The molecule has 5 heteroatoms. The van der Waals surface area contributed by atoms with Crippen molar-refractivity contribution in [2.45, 2.75) is 25.7 Å². The molecule has 2 heterocycles. The summed E-state index contributed by atoms with van der Waals surface area (Å²) in [6, 6.07) is 0. The Balaban J connectivity index is 1.69. The second-order valence-corrected chi connectivity index (χ2v) is 5.35. The lowest BCUT2D eigenvalue weighted by Gasteiger charge is -1.97. The maximum absolute atomic E-state index is 11.6. The molecule has 0 spiro atoms. The van der Waals surface area contributed by atoms with Crippen LogP contribution < -0.4 is 0 Å². The number of carbonyl (C=O) groups excluding carboxylic acids is 1. The van der Waals surface area contributed by atoms with Crippen LogP contribution in [-0.2, 0) is 17.6 Å². The number of hydrogen-bond donors (Lipinski definition) is 0. The zero-order valence-corrected chi connectivity index (χ0v) is 10.4. The van der Waals surface area contributed by atoms with Crippen molar-refractivity contribution in [2.24, 2.45) is 0 Å². The normalized spacial score (nSPS) is 10.5. The summed E-state index contributed by atoms with van der Waals surface area (Å²) < 4.78 is 0. The van der Waals surface area contributed by atoms with Crippen molar-refractivity contribution in [3.8, 4) is 0 Å². The Bertz CT molecular complexity index is 383. The molecule has 2 aromatic rings. The molecule has 0 aliphatic rings. The van der Waals surface area contributed by atoms with Crippen LogP contribution >= 0.6 is 22.7 Å². The first-order valence-corrected chi connectivity index (χ1v) is 6.89. The summed E-state index contributed by atoms with van der Waals surface area (Å²) in [5.74, 6) is 0.297. The second-order valence-electron chi connectivity index (χ2n) is 3.39. The zero-order valence-electron chi connectivity index (χ0n) is 8.76. The Kier molecular flexibility index (Phi) is 4.18. The van der Waals surface area contributed by atoms with Crippen molar-refractivity contribution in [3.05, 3.63) is 33.2 Å². The highest BCUT2D eigenvalue weighted by Gasteiger charge is 2.05. The van der Waals surface area contributed by atoms with Crippen molar-refractivity contribution < 1.29 is 4.79 Å². The van der Waals surface area contributed by atoms with E-state index in [9.17, 15) is 4.79 Å². The maximum atomic E-state index is 11.6. The van der Waals surface area contributed by atoms with Crippen molar-refractivity contribution in [1.82, 2.24) is 9.97 Å². The Morgan fingerprint density at radius 1 is 1.00 bits per heavy atom. The lowest BCUT2D eigenvalue weighted by atomic mass is 10.1. The van der Waals surface area contributed by atoms with E-state index >= 15 is 0 Å². The molecule has 0 amide bonds. The van der Waals surface area contributed by atoms with Crippen LogP contribution in [0.1, 0.15) is 22.9 Å². The van der Waals surface area contributed by atoms with Gasteiger partial charge in [-0.1, -0.05) is 0 Å². The third-order valence-electron chi connectivity index (χ3n) is 2.20. The fourth-order valence-electron chi connectivity index (χ4n) is 1.37. The van der Waals surface area contributed by atoms with Crippen LogP contribution in [-0.4, -0.2) is 15.8 Å². The van der Waals surface area contributed by atoms with Gasteiger partial charge >= 0.3 is 0 Å². The molecule has 0 radical (unpaired) electrons. The lowest BCUT2D eigenvalue weighted by Crippen LogP contribution is -2.01. The van der Waals surface area contributed by atoms with Gasteiger partial charge in [-0.3, -0.25) is 4.79 Å². The van der Waals surface area contributed by atoms with Gasteiger partial charge in [0, 0.05) is 48.8 Å². The predicted molar refractivity (Wildman–Crippen MR) is 65.9 cm³/mol. The van der Waals surface area contributed by atoms with E-state index in [0.29, 0.717) is 18.6 Å². The van der Waals surface area contributed by atoms with Gasteiger partial charge in [-0.25, -0.2) is 9.97 Å². The van der Waals surface area contributed by atoms with Crippen molar-refractivity contribution in [1.29, 1.82) is 0 Å². The number of Topliss-reactive ketones (excluding diaryl/α,β-unsaturated/α-hetero) is 1. The molecule has 2 rings (SSSR count). The third-order valence-corrected chi connectivity index (χ3v) is 3.88. The van der Waals surface area contributed by atoms with E-state index in [1.165, 1.54) is 0 Å². The highest BCUT2D eigenvalue weighted by Crippen LogP contribution is 2.10. The molecule has 0 bridgehead atoms. The molecule has 0 aliphatic carbocycles. The number of nitrogens with zero attached hydrogens (tertiary/aromatic N) is 2. The molecule has 16 heavy (non-hydrogen) atoms. The van der Waals surface area contributed by atoms with Crippen molar-refractivity contribution in [3.63, 3.8) is 0 Å². The van der Waals surface area contributed by atoms with E-state index < -0.39 is 0 Å². The number of rotatable bonds is 6. The second kappa shape index (κ2) is 5.86. The standard InChI is InChI=1S/C11H12N2OS2/c14-9(1-3-10-12-5-7-15-10)2-4-11-13-6-8-16-11/h5-8H,1-4H2. The monoisotopic (exact) mass is 252 g/mol. The number of carbonyl (C=O) groups is 1. The largest absolute Gasteiger partial charge is 0.300 e. The van der Waals surface area contributed by atoms with Gasteiger partial charge in [0.25, 0.3) is 0 Å². The average molecular weight is 252 g/mol. The van der Waals surface area contributed by atoms with Crippen LogP contribution in [0.5, 0.6) is 0 Å². The van der Waals surface area contributed by atoms with E-state index in [0.717, 1.165) is 22.9 Å². The first kappa shape index (κ1) is 11.4. The van der Waals surface area contributed by atoms with Crippen molar-refractivity contribution in [2.75, 3.05) is 0 Å². The summed E-state index contributed by atoms with van der Waals surface area (Å²) in [5, 5.41) is 5.97. The molecule has 0 aliphatic heterocycles. The maximum Gasteiger partial charge on any atom is 0.133 e. The Morgan fingerprint density at radius 2 is 1.50 bits per heavy atom. The van der Waals surface area contributed by atoms with Gasteiger partial charge in [-0.05, 0) is 0 Å². The van der Waals surface area contributed by atoms with Gasteiger partial charge in [0.2, 0.25) is 0 Å². The first-order chi connectivity index (χ1) is 7.84. The van der Waals surface area contributed by atoms with E-state index in [-0.39, 0.29) is 0 Å². The molecule has 3 nitrogen and oxygen atoms in total. The van der Waals surface area contributed by atoms with E-state index in [1.807, 2.05) is 10.8 Å². The average Bonchev–Trinajstić information content (AvgIpc) is 2.96. The summed E-state index contributed by atoms with van der Waals surface area (Å²) in [4.78, 5) is 19.9. The van der Waals surface area contributed by atoms with Gasteiger partial charge in [0.1, 0.15) is 5.78 Å². The Labute approximate surface area is 102 Å². The fraction of sp³-hybridized carbons (Fsp3) is 0.364. The van der Waals surface area contributed by atoms with Crippen LogP contribution in [0, 0.1) is 0 Å². The van der Waals surface area contributed by atoms with Gasteiger partial charge in [0.05, 0.1) is 10.0 Å². The molecule has 0 unspecified atom stereocenters. The molecule has 0 fully saturated rings. The summed E-state index contributed by atoms with van der Waals surface area (Å²) >= 11 is 3.21. The van der Waals surface area contributed by atoms with Crippen LogP contribution in [0.2, 0.25) is 0 Å². The van der Waals surface area contributed by atoms with E-state index in [2.05, 4.69) is 9.97 Å². The van der Waals surface area contributed by atoms with Crippen molar-refractivity contribution >= 4 is 28.5 Å². The van der Waals surface area contributed by atoms with Crippen LogP contribution in [0.3, 0.4) is 0 Å². The highest BCUT2D eigenvalue weighted by atomic mass is 32.1. The first-order valence-electron chi connectivity index (χ1n) is 5.13. The topological polar surface area (TPSA) is 42.9 Å². The SMILES string of the molecule is O=C(CCc1nccs1)CCc1nccs1. The molecule has 0 N–H and O–H groups in total. The predicted octanol–water partition coefficient (Wildman–Crippen LogP) is 2.73. The van der Waals surface area contributed by atoms with E-state index in [4.69, 9.17) is 0 Å². The molecule has 84 valence electrons. The van der Waals surface area contributed by atoms with E-state index in [1.54, 1.807) is 35.1 Å². The molecular weight excluding hydrogens is 240 g/mol. The van der Waals surface area contributed by atoms with Crippen LogP contribution in [0.4, 0.5) is 0 Å². The molecule has 0 atom stereocenters. The Morgan fingerprint density at radius 3 is 1.88 bits per heavy atom. The van der Waals surface area contributed by atoms with Gasteiger partial charge in [-0.2, -0.15) is 0 Å². The minimum Gasteiger partial charge on any atom is -0.300 e. The number of thiazole rings is 2. The summed E-state index contributed by atoms with van der Waals surface area (Å²) in [5.41, 5.74) is 0. The number of aromatic nitrogens is 2. The van der Waals surface area contributed by atoms with Gasteiger partial charge in [0.15, 0.2) is 0 Å². The summed E-state index contributed by atoms with van der Waals surface area (Å²) in [6.45, 7) is 0.